The van der Waals surface area contributed by atoms with Crippen molar-refractivity contribution in [3.63, 3.8) is 0 Å². The highest BCUT2D eigenvalue weighted by atomic mass is 16.6. The van der Waals surface area contributed by atoms with Crippen LogP contribution < -0.4 is 4.74 Å². The third-order valence-corrected chi connectivity index (χ3v) is 1.95. The standard InChI is InChI=1S/C10H16N2O3/c1-7(2)12-6-9(5-11-12)15-8(3)10(13)14-4/h5-8H,1-4H3/t8-/m0/s1. The molecular formula is C10H16N2O3. The lowest BCUT2D eigenvalue weighted by Crippen LogP contribution is -2.24. The van der Waals surface area contributed by atoms with Crippen molar-refractivity contribution in [1.82, 2.24) is 9.78 Å². The minimum absolute atomic E-state index is 0.274. The van der Waals surface area contributed by atoms with Crippen LogP contribution in [0.5, 0.6) is 5.75 Å². The summed E-state index contributed by atoms with van der Waals surface area (Å²) in [6.07, 6.45) is 2.73. The Morgan fingerprint density at radius 3 is 2.60 bits per heavy atom. The molecule has 1 aromatic heterocycles. The topological polar surface area (TPSA) is 53.4 Å². The van der Waals surface area contributed by atoms with Crippen LogP contribution in [0, 0.1) is 0 Å². The maximum atomic E-state index is 11.1. The highest BCUT2D eigenvalue weighted by Gasteiger charge is 2.15. The van der Waals surface area contributed by atoms with Crippen LogP contribution in [-0.2, 0) is 9.53 Å². The summed E-state index contributed by atoms with van der Waals surface area (Å²) in [5.74, 6) is 0.175. The fraction of sp³-hybridized carbons (Fsp3) is 0.600. The molecule has 0 amide bonds. The van der Waals surface area contributed by atoms with Crippen LogP contribution in [-0.4, -0.2) is 29.0 Å². The van der Waals surface area contributed by atoms with Crippen molar-refractivity contribution in [3.8, 4) is 5.75 Å². The third kappa shape index (κ3) is 2.97. The Hall–Kier alpha value is -1.52. The molecule has 0 saturated heterocycles. The predicted octanol–water partition coefficient (Wildman–Crippen LogP) is 1.40. The highest BCUT2D eigenvalue weighted by Crippen LogP contribution is 2.14. The Kier molecular flexibility index (Phi) is 3.71. The first-order valence-corrected chi connectivity index (χ1v) is 4.83. The molecule has 0 bridgehead atoms. The van der Waals surface area contributed by atoms with Gasteiger partial charge < -0.3 is 9.47 Å². The van der Waals surface area contributed by atoms with Crippen molar-refractivity contribution < 1.29 is 14.3 Å². The molecule has 84 valence electrons. The molecule has 0 aliphatic rings. The van der Waals surface area contributed by atoms with E-state index in [-0.39, 0.29) is 6.04 Å². The summed E-state index contributed by atoms with van der Waals surface area (Å²) in [4.78, 5) is 11.1. The second-order valence-electron chi connectivity index (χ2n) is 3.53. The van der Waals surface area contributed by atoms with Gasteiger partial charge in [0.05, 0.1) is 19.5 Å². The molecule has 0 unspecified atom stereocenters. The van der Waals surface area contributed by atoms with E-state index in [0.29, 0.717) is 5.75 Å². The number of hydrogen-bond acceptors (Lipinski definition) is 4. The lowest BCUT2D eigenvalue weighted by molar-refractivity contribution is -0.147. The zero-order chi connectivity index (χ0) is 11.4. The fourth-order valence-corrected chi connectivity index (χ4v) is 1.08. The molecular weight excluding hydrogens is 196 g/mol. The van der Waals surface area contributed by atoms with E-state index in [4.69, 9.17) is 4.74 Å². The first-order chi connectivity index (χ1) is 7.04. The lowest BCUT2D eigenvalue weighted by atomic mass is 10.4. The molecule has 0 fully saturated rings. The van der Waals surface area contributed by atoms with E-state index in [9.17, 15) is 4.79 Å². The van der Waals surface area contributed by atoms with E-state index >= 15 is 0 Å². The van der Waals surface area contributed by atoms with E-state index in [1.165, 1.54) is 7.11 Å². The molecule has 0 radical (unpaired) electrons. The monoisotopic (exact) mass is 212 g/mol. The van der Waals surface area contributed by atoms with E-state index < -0.39 is 12.1 Å². The van der Waals surface area contributed by atoms with E-state index in [0.717, 1.165) is 0 Å². The Labute approximate surface area is 89.0 Å². The average molecular weight is 212 g/mol. The number of nitrogens with zero attached hydrogens (tertiary/aromatic N) is 2. The lowest BCUT2D eigenvalue weighted by Gasteiger charge is -2.10. The van der Waals surface area contributed by atoms with Crippen molar-refractivity contribution in [2.75, 3.05) is 7.11 Å². The largest absolute Gasteiger partial charge is 0.476 e. The van der Waals surface area contributed by atoms with Crippen LogP contribution >= 0.6 is 0 Å². The Morgan fingerprint density at radius 1 is 1.47 bits per heavy atom. The molecule has 0 N–H and O–H groups in total. The summed E-state index contributed by atoms with van der Waals surface area (Å²) in [7, 11) is 1.33. The van der Waals surface area contributed by atoms with Crippen LogP contribution in [0.25, 0.3) is 0 Å². The molecule has 0 aliphatic heterocycles. The quantitative estimate of drug-likeness (QED) is 0.708. The van der Waals surface area contributed by atoms with Crippen molar-refractivity contribution in [2.45, 2.75) is 32.9 Å². The molecule has 1 aromatic rings. The van der Waals surface area contributed by atoms with Crippen molar-refractivity contribution in [3.05, 3.63) is 12.4 Å². The molecule has 0 saturated carbocycles. The number of aromatic nitrogens is 2. The van der Waals surface area contributed by atoms with Gasteiger partial charge in [0.25, 0.3) is 0 Å². The summed E-state index contributed by atoms with van der Waals surface area (Å²) < 4.78 is 11.7. The second-order valence-corrected chi connectivity index (χ2v) is 3.53. The fourth-order valence-electron chi connectivity index (χ4n) is 1.08. The Bertz CT molecular complexity index is 333. The number of carbonyl (C=O) groups is 1. The molecule has 1 heterocycles. The number of rotatable bonds is 4. The van der Waals surface area contributed by atoms with Gasteiger partial charge in [0.1, 0.15) is 0 Å². The van der Waals surface area contributed by atoms with Gasteiger partial charge in [0, 0.05) is 6.04 Å². The molecule has 5 heteroatoms. The number of ether oxygens (including phenoxy) is 2. The number of esters is 1. The summed E-state index contributed by atoms with van der Waals surface area (Å²) in [5, 5.41) is 4.09. The first kappa shape index (κ1) is 11.6. The van der Waals surface area contributed by atoms with Crippen LogP contribution in [0.4, 0.5) is 0 Å². The van der Waals surface area contributed by atoms with Gasteiger partial charge in [-0.05, 0) is 20.8 Å². The van der Waals surface area contributed by atoms with Gasteiger partial charge in [-0.15, -0.1) is 0 Å². The van der Waals surface area contributed by atoms with Crippen LogP contribution in [0.3, 0.4) is 0 Å². The van der Waals surface area contributed by atoms with E-state index in [1.54, 1.807) is 24.0 Å². The van der Waals surface area contributed by atoms with Gasteiger partial charge in [0.2, 0.25) is 0 Å². The summed E-state index contributed by atoms with van der Waals surface area (Å²) in [5.41, 5.74) is 0. The summed E-state index contributed by atoms with van der Waals surface area (Å²) >= 11 is 0. The minimum atomic E-state index is -0.611. The van der Waals surface area contributed by atoms with Gasteiger partial charge in [-0.1, -0.05) is 0 Å². The van der Waals surface area contributed by atoms with E-state index in [2.05, 4.69) is 9.84 Å². The van der Waals surface area contributed by atoms with Gasteiger partial charge in [-0.3, -0.25) is 4.68 Å². The zero-order valence-electron chi connectivity index (χ0n) is 9.43. The van der Waals surface area contributed by atoms with Gasteiger partial charge in [-0.2, -0.15) is 5.10 Å². The van der Waals surface area contributed by atoms with Crippen molar-refractivity contribution >= 4 is 5.97 Å². The first-order valence-electron chi connectivity index (χ1n) is 4.83. The zero-order valence-corrected chi connectivity index (χ0v) is 9.43. The molecule has 15 heavy (non-hydrogen) atoms. The SMILES string of the molecule is COC(=O)[C@H](C)Oc1cnn(C(C)C)c1. The maximum Gasteiger partial charge on any atom is 0.346 e. The molecule has 0 aromatic carbocycles. The summed E-state index contributed by atoms with van der Waals surface area (Å²) in [6.45, 7) is 5.67. The average Bonchev–Trinajstić information content (AvgIpc) is 2.65. The maximum absolute atomic E-state index is 11.1. The van der Waals surface area contributed by atoms with Crippen molar-refractivity contribution in [1.29, 1.82) is 0 Å². The van der Waals surface area contributed by atoms with Crippen LogP contribution in [0.15, 0.2) is 12.4 Å². The van der Waals surface area contributed by atoms with Crippen LogP contribution in [0.1, 0.15) is 26.8 Å². The van der Waals surface area contributed by atoms with Gasteiger partial charge in [-0.25, -0.2) is 4.79 Å². The smallest absolute Gasteiger partial charge is 0.346 e. The van der Waals surface area contributed by atoms with Gasteiger partial charge in [0.15, 0.2) is 11.9 Å². The normalized spacial score (nSPS) is 12.6. The van der Waals surface area contributed by atoms with E-state index in [1.807, 2.05) is 13.8 Å². The third-order valence-electron chi connectivity index (χ3n) is 1.95. The Morgan fingerprint density at radius 2 is 2.13 bits per heavy atom. The van der Waals surface area contributed by atoms with Crippen LogP contribution in [0.2, 0.25) is 0 Å². The number of methoxy groups -OCH3 is 1. The molecule has 1 rings (SSSR count). The molecule has 0 aliphatic carbocycles. The second kappa shape index (κ2) is 4.82. The minimum Gasteiger partial charge on any atom is -0.476 e. The van der Waals surface area contributed by atoms with Crippen molar-refractivity contribution in [2.24, 2.45) is 0 Å². The number of carbonyl (C=O) groups excluding carboxylic acids is 1. The Balaban J connectivity index is 2.61. The highest BCUT2D eigenvalue weighted by molar-refractivity contribution is 5.74. The van der Waals surface area contributed by atoms with Gasteiger partial charge >= 0.3 is 5.97 Å². The predicted molar refractivity (Wildman–Crippen MR) is 54.7 cm³/mol. The molecule has 5 nitrogen and oxygen atoms in total. The number of hydrogen-bond donors (Lipinski definition) is 0. The summed E-state index contributed by atoms with van der Waals surface area (Å²) in [6, 6.07) is 0.274. The molecule has 0 spiro atoms. The molecule has 1 atom stereocenters.